The van der Waals surface area contributed by atoms with Gasteiger partial charge < -0.3 is 5.32 Å². The first-order valence-electron chi connectivity index (χ1n) is 5.99. The molecule has 0 amide bonds. The van der Waals surface area contributed by atoms with Crippen molar-refractivity contribution in [1.82, 2.24) is 15.1 Å². The van der Waals surface area contributed by atoms with Gasteiger partial charge in [-0.3, -0.25) is 9.67 Å². The van der Waals surface area contributed by atoms with E-state index in [1.165, 1.54) is 6.42 Å². The van der Waals surface area contributed by atoms with Gasteiger partial charge in [-0.1, -0.05) is 11.8 Å². The van der Waals surface area contributed by atoms with Crippen LogP contribution in [-0.2, 0) is 13.5 Å². The van der Waals surface area contributed by atoms with Crippen molar-refractivity contribution in [2.45, 2.75) is 32.2 Å². The minimum Gasteiger partial charge on any atom is -0.360 e. The van der Waals surface area contributed by atoms with Gasteiger partial charge in [-0.2, -0.15) is 5.10 Å². The third kappa shape index (κ3) is 3.77. The summed E-state index contributed by atoms with van der Waals surface area (Å²) in [5, 5.41) is 8.89. The quantitative estimate of drug-likeness (QED) is 0.892. The number of rotatable bonds is 3. The number of hydrogen-bond donors (Lipinski definition) is 1. The minimum absolute atomic E-state index is 0.190. The normalized spacial score (nSPS) is 21.5. The highest BCUT2D eigenvalue weighted by Crippen LogP contribution is 2.21. The Morgan fingerprint density at radius 1 is 1.59 bits per heavy atom. The molecule has 0 atom stereocenters. The lowest BCUT2D eigenvalue weighted by molar-refractivity contribution is 0.446. The highest BCUT2D eigenvalue weighted by Gasteiger charge is 2.23. The molecule has 5 heteroatoms. The van der Waals surface area contributed by atoms with Crippen molar-refractivity contribution in [3.8, 4) is 0 Å². The number of nitrogens with zero attached hydrogens (tertiary/aromatic N) is 3. The topological polar surface area (TPSA) is 42.2 Å². The second-order valence-corrected chi connectivity index (χ2v) is 6.11. The van der Waals surface area contributed by atoms with Gasteiger partial charge in [-0.25, -0.2) is 0 Å². The number of thioether (sulfide) groups is 1. The molecule has 1 fully saturated rings. The Labute approximate surface area is 107 Å². The number of amidine groups is 1. The van der Waals surface area contributed by atoms with Crippen LogP contribution in [-0.4, -0.2) is 32.8 Å². The molecule has 1 N–H and O–H groups in total. The lowest BCUT2D eigenvalue weighted by Crippen LogP contribution is -2.46. The van der Waals surface area contributed by atoms with Crippen LogP contribution in [0.15, 0.2) is 17.3 Å². The van der Waals surface area contributed by atoms with Crippen molar-refractivity contribution in [3.63, 3.8) is 0 Å². The molecule has 17 heavy (non-hydrogen) atoms. The molecule has 0 aliphatic carbocycles. The minimum atomic E-state index is 0.190. The van der Waals surface area contributed by atoms with E-state index in [0.29, 0.717) is 0 Å². The van der Waals surface area contributed by atoms with Gasteiger partial charge in [0.25, 0.3) is 0 Å². The number of hydrogen-bond acceptors (Lipinski definition) is 3. The average molecular weight is 252 g/mol. The average Bonchev–Trinajstić information content (AvgIpc) is 2.63. The Bertz CT molecular complexity index is 408. The molecule has 0 saturated carbocycles. The van der Waals surface area contributed by atoms with E-state index in [4.69, 9.17) is 0 Å². The van der Waals surface area contributed by atoms with Crippen molar-refractivity contribution >= 4 is 16.9 Å². The molecule has 0 spiro atoms. The molecule has 2 heterocycles. The molecule has 1 aliphatic heterocycles. The zero-order chi connectivity index (χ0) is 12.3. The summed E-state index contributed by atoms with van der Waals surface area (Å²) in [5.74, 6) is 1.16. The van der Waals surface area contributed by atoms with E-state index in [1.807, 2.05) is 35.8 Å². The summed E-state index contributed by atoms with van der Waals surface area (Å²) in [5.41, 5.74) is 1.30. The molecular weight excluding hydrogens is 232 g/mol. The maximum Gasteiger partial charge on any atom is 0.156 e. The van der Waals surface area contributed by atoms with Crippen molar-refractivity contribution in [2.24, 2.45) is 12.0 Å². The third-order valence-electron chi connectivity index (χ3n) is 2.80. The van der Waals surface area contributed by atoms with E-state index in [1.54, 1.807) is 0 Å². The van der Waals surface area contributed by atoms with Crippen molar-refractivity contribution < 1.29 is 0 Å². The Morgan fingerprint density at radius 2 is 2.41 bits per heavy atom. The molecular formula is C12H20N4S. The first-order valence-corrected chi connectivity index (χ1v) is 6.98. The number of nitrogens with one attached hydrogen (secondary N) is 1. The second kappa shape index (κ2) is 5.12. The van der Waals surface area contributed by atoms with Crippen LogP contribution in [0.2, 0.25) is 0 Å². The fraction of sp³-hybridized carbons (Fsp3) is 0.667. The first-order chi connectivity index (χ1) is 8.05. The molecule has 2 rings (SSSR count). The van der Waals surface area contributed by atoms with Gasteiger partial charge in [0.1, 0.15) is 0 Å². The summed E-state index contributed by atoms with van der Waals surface area (Å²) in [6.07, 6.45) is 4.07. The zero-order valence-electron chi connectivity index (χ0n) is 10.7. The predicted octanol–water partition coefficient (Wildman–Crippen LogP) is 1.82. The van der Waals surface area contributed by atoms with Crippen molar-refractivity contribution in [3.05, 3.63) is 18.0 Å². The lowest BCUT2D eigenvalue weighted by Gasteiger charge is -2.32. The Hall–Kier alpha value is -0.970. The Morgan fingerprint density at radius 3 is 3.06 bits per heavy atom. The molecule has 1 aliphatic rings. The van der Waals surface area contributed by atoms with Crippen molar-refractivity contribution in [2.75, 3.05) is 12.3 Å². The fourth-order valence-electron chi connectivity index (χ4n) is 1.74. The molecule has 0 radical (unpaired) electrons. The van der Waals surface area contributed by atoms with Crippen LogP contribution in [0.25, 0.3) is 0 Å². The highest BCUT2D eigenvalue weighted by molar-refractivity contribution is 8.13. The van der Waals surface area contributed by atoms with Gasteiger partial charge >= 0.3 is 0 Å². The molecule has 4 nitrogen and oxygen atoms in total. The standard InChI is InChI=1S/C12H20N4S/c1-12(2)6-9-17-11(14-12)13-7-4-10-5-8-16(3)15-10/h5,8H,4,6-7,9H2,1-3H3,(H,13,14). The zero-order valence-corrected chi connectivity index (χ0v) is 11.5. The maximum atomic E-state index is 4.60. The van der Waals surface area contributed by atoms with Gasteiger partial charge in [0.2, 0.25) is 0 Å². The second-order valence-electron chi connectivity index (χ2n) is 5.02. The molecule has 0 unspecified atom stereocenters. The van der Waals surface area contributed by atoms with E-state index in [0.717, 1.165) is 29.6 Å². The number of aliphatic imine (C=N–C) groups is 1. The molecule has 0 aromatic carbocycles. The van der Waals surface area contributed by atoms with Crippen LogP contribution in [0.3, 0.4) is 0 Å². The highest BCUT2D eigenvalue weighted by atomic mass is 32.2. The smallest absolute Gasteiger partial charge is 0.156 e. The summed E-state index contributed by atoms with van der Waals surface area (Å²) < 4.78 is 1.83. The maximum absolute atomic E-state index is 4.60. The lowest BCUT2D eigenvalue weighted by atomic mass is 10.0. The van der Waals surface area contributed by atoms with Crippen LogP contribution in [0.5, 0.6) is 0 Å². The molecule has 1 aromatic heterocycles. The number of aryl methyl sites for hydroxylation is 1. The van der Waals surface area contributed by atoms with Crippen LogP contribution < -0.4 is 5.32 Å². The molecule has 94 valence electrons. The monoisotopic (exact) mass is 252 g/mol. The van der Waals surface area contributed by atoms with Crippen LogP contribution >= 0.6 is 11.8 Å². The SMILES string of the molecule is Cn1ccc(CCN=C2NC(C)(C)CCS2)n1. The summed E-state index contributed by atoms with van der Waals surface area (Å²) in [6, 6.07) is 2.05. The summed E-state index contributed by atoms with van der Waals surface area (Å²) in [6.45, 7) is 5.25. The van der Waals surface area contributed by atoms with Crippen LogP contribution in [0.4, 0.5) is 0 Å². The molecule has 1 aromatic rings. The largest absolute Gasteiger partial charge is 0.360 e. The van der Waals surface area contributed by atoms with Gasteiger partial charge in [0, 0.05) is 37.5 Å². The van der Waals surface area contributed by atoms with Crippen LogP contribution in [0.1, 0.15) is 26.0 Å². The predicted molar refractivity (Wildman–Crippen MR) is 73.5 cm³/mol. The van der Waals surface area contributed by atoms with Crippen molar-refractivity contribution in [1.29, 1.82) is 0 Å². The summed E-state index contributed by atoms with van der Waals surface area (Å²) in [7, 11) is 1.94. The number of aromatic nitrogens is 2. The van der Waals surface area contributed by atoms with E-state index in [9.17, 15) is 0 Å². The molecule has 0 bridgehead atoms. The summed E-state index contributed by atoms with van der Waals surface area (Å²) >= 11 is 1.82. The Kier molecular flexibility index (Phi) is 3.76. The van der Waals surface area contributed by atoms with Gasteiger partial charge in [0.15, 0.2) is 5.17 Å². The van der Waals surface area contributed by atoms with Gasteiger partial charge in [0.05, 0.1) is 5.69 Å². The Balaban J connectivity index is 1.84. The molecule has 1 saturated heterocycles. The van der Waals surface area contributed by atoms with Gasteiger partial charge in [-0.05, 0) is 26.3 Å². The van der Waals surface area contributed by atoms with E-state index >= 15 is 0 Å². The van der Waals surface area contributed by atoms with E-state index in [2.05, 4.69) is 29.3 Å². The van der Waals surface area contributed by atoms with Gasteiger partial charge in [-0.15, -0.1) is 0 Å². The fourth-order valence-corrected chi connectivity index (χ4v) is 3.08. The third-order valence-corrected chi connectivity index (χ3v) is 3.72. The van der Waals surface area contributed by atoms with E-state index < -0.39 is 0 Å². The summed E-state index contributed by atoms with van der Waals surface area (Å²) in [4.78, 5) is 4.60. The first kappa shape index (κ1) is 12.5. The van der Waals surface area contributed by atoms with Crippen LogP contribution in [0, 0.1) is 0 Å². The van der Waals surface area contributed by atoms with E-state index in [-0.39, 0.29) is 5.54 Å².